The molecule has 0 amide bonds. The summed E-state index contributed by atoms with van der Waals surface area (Å²) in [6, 6.07) is -2.00. The number of carboxylic acid groups (broad SMARTS) is 1. The number of esters is 1. The molecule has 1 heterocycles. The SMILES string of the molecule is C=C/C(F)=C(\C=C)C(C(=O)OC)N1CCC(SSC[C@H](N)C(=O)O)/C(=C\C=O)C1. The number of methoxy groups -OCH3 is 1. The second kappa shape index (κ2) is 12.6. The molecule has 3 N–H and O–H groups in total. The summed E-state index contributed by atoms with van der Waals surface area (Å²) >= 11 is 0. The van der Waals surface area contributed by atoms with Crippen LogP contribution < -0.4 is 5.73 Å². The molecule has 1 aliphatic heterocycles. The number of likely N-dealkylation sites (tertiary alicyclic amines) is 1. The summed E-state index contributed by atoms with van der Waals surface area (Å²) in [6.07, 6.45) is 4.89. The molecule has 1 saturated heterocycles. The maximum absolute atomic E-state index is 14.2. The van der Waals surface area contributed by atoms with E-state index >= 15 is 0 Å². The minimum atomic E-state index is -1.08. The van der Waals surface area contributed by atoms with Gasteiger partial charge in [-0.05, 0) is 24.1 Å². The Morgan fingerprint density at radius 2 is 2.14 bits per heavy atom. The lowest BCUT2D eigenvalue weighted by atomic mass is 9.97. The van der Waals surface area contributed by atoms with Crippen molar-refractivity contribution >= 4 is 39.8 Å². The van der Waals surface area contributed by atoms with E-state index in [-0.39, 0.29) is 23.1 Å². The van der Waals surface area contributed by atoms with E-state index in [0.29, 0.717) is 19.3 Å². The number of nitrogens with two attached hydrogens (primary N) is 1. The van der Waals surface area contributed by atoms with E-state index in [2.05, 4.69) is 13.2 Å². The highest BCUT2D eigenvalue weighted by Gasteiger charge is 2.36. The minimum Gasteiger partial charge on any atom is -0.480 e. The number of carbonyl (C=O) groups is 3. The number of halogens is 1. The number of allylic oxidation sites excluding steroid dienone is 3. The Morgan fingerprint density at radius 3 is 2.66 bits per heavy atom. The van der Waals surface area contributed by atoms with Crippen LogP contribution in [-0.2, 0) is 19.1 Å². The molecule has 0 aromatic heterocycles. The third kappa shape index (κ3) is 7.14. The summed E-state index contributed by atoms with van der Waals surface area (Å²) in [4.78, 5) is 36.0. The van der Waals surface area contributed by atoms with Gasteiger partial charge in [0.2, 0.25) is 0 Å². The topological polar surface area (TPSA) is 110 Å². The number of aliphatic carboxylic acids is 1. The van der Waals surface area contributed by atoms with Crippen molar-refractivity contribution in [3.63, 3.8) is 0 Å². The maximum atomic E-state index is 14.2. The monoisotopic (exact) mass is 444 g/mol. The molecule has 0 radical (unpaired) electrons. The molecule has 0 aromatic rings. The lowest BCUT2D eigenvalue weighted by Gasteiger charge is -2.38. The molecule has 1 fully saturated rings. The van der Waals surface area contributed by atoms with Crippen molar-refractivity contribution in [3.05, 3.63) is 48.4 Å². The Hall–Kier alpha value is -1.88. The van der Waals surface area contributed by atoms with Crippen LogP contribution >= 0.6 is 21.6 Å². The summed E-state index contributed by atoms with van der Waals surface area (Å²) in [5, 5.41) is 8.79. The van der Waals surface area contributed by atoms with Crippen molar-refractivity contribution in [2.45, 2.75) is 23.8 Å². The summed E-state index contributed by atoms with van der Waals surface area (Å²) in [7, 11) is 3.95. The molecule has 7 nitrogen and oxygen atoms in total. The molecular weight excluding hydrogens is 419 g/mol. The van der Waals surface area contributed by atoms with Crippen molar-refractivity contribution in [1.82, 2.24) is 4.90 Å². The van der Waals surface area contributed by atoms with Gasteiger partial charge in [-0.15, -0.1) is 0 Å². The van der Waals surface area contributed by atoms with Crippen LogP contribution in [0.15, 0.2) is 48.4 Å². The zero-order chi connectivity index (χ0) is 22.0. The predicted molar refractivity (Wildman–Crippen MR) is 114 cm³/mol. The lowest BCUT2D eigenvalue weighted by molar-refractivity contribution is -0.145. The molecule has 0 bridgehead atoms. The molecular formula is C19H25FN2O5S2. The van der Waals surface area contributed by atoms with E-state index in [1.807, 2.05) is 0 Å². The third-order valence-electron chi connectivity index (χ3n) is 4.27. The Bertz CT molecular complexity index is 711. The fourth-order valence-electron chi connectivity index (χ4n) is 2.77. The van der Waals surface area contributed by atoms with Crippen LogP contribution in [0.4, 0.5) is 4.39 Å². The molecule has 1 rings (SSSR count). The largest absolute Gasteiger partial charge is 0.480 e. The van der Waals surface area contributed by atoms with Crippen molar-refractivity contribution in [3.8, 4) is 0 Å². The van der Waals surface area contributed by atoms with E-state index in [9.17, 15) is 18.8 Å². The summed E-state index contributed by atoms with van der Waals surface area (Å²) in [5.41, 5.74) is 6.29. The Morgan fingerprint density at radius 1 is 1.45 bits per heavy atom. The number of aldehydes is 1. The molecule has 0 saturated carbocycles. The first-order valence-corrected chi connectivity index (χ1v) is 11.1. The molecule has 0 spiro atoms. The number of carbonyl (C=O) groups excluding carboxylic acids is 2. The third-order valence-corrected chi connectivity index (χ3v) is 7.18. The van der Waals surface area contributed by atoms with Crippen LogP contribution in [0.5, 0.6) is 0 Å². The Kier molecular flexibility index (Phi) is 11.0. The average Bonchev–Trinajstić information content (AvgIpc) is 2.71. The second-order valence-corrected chi connectivity index (χ2v) is 8.70. The van der Waals surface area contributed by atoms with Gasteiger partial charge < -0.3 is 15.6 Å². The highest BCUT2D eigenvalue weighted by Crippen LogP contribution is 2.37. The number of carboxylic acids is 1. The number of nitrogens with zero attached hydrogens (tertiary/aromatic N) is 1. The van der Waals surface area contributed by atoms with E-state index in [1.54, 1.807) is 4.90 Å². The van der Waals surface area contributed by atoms with E-state index in [4.69, 9.17) is 15.6 Å². The van der Waals surface area contributed by atoms with Gasteiger partial charge in [-0.25, -0.2) is 9.18 Å². The van der Waals surface area contributed by atoms with Crippen LogP contribution in [-0.4, -0.2) is 71.5 Å². The highest BCUT2D eigenvalue weighted by molar-refractivity contribution is 8.77. The molecule has 29 heavy (non-hydrogen) atoms. The fourth-order valence-corrected chi connectivity index (χ4v) is 5.61. The number of hydrogen-bond donors (Lipinski definition) is 2. The molecule has 3 atom stereocenters. The van der Waals surface area contributed by atoms with E-state index < -0.39 is 29.8 Å². The Balaban J connectivity index is 3.01. The summed E-state index contributed by atoms with van der Waals surface area (Å²) in [5.74, 6) is -2.18. The fraction of sp³-hybridized carbons (Fsp3) is 0.421. The molecule has 1 aliphatic rings. The number of hydrogen-bond acceptors (Lipinski definition) is 8. The zero-order valence-corrected chi connectivity index (χ0v) is 17.7. The van der Waals surface area contributed by atoms with Gasteiger partial charge in [0.25, 0.3) is 0 Å². The van der Waals surface area contributed by atoms with Crippen LogP contribution in [0, 0.1) is 0 Å². The second-order valence-electron chi connectivity index (χ2n) is 6.09. The Labute approximate surface area is 177 Å². The molecule has 0 aliphatic carbocycles. The lowest BCUT2D eigenvalue weighted by Crippen LogP contribution is -2.48. The standard InChI is InChI=1S/C19H25FN2O5S2/c1-4-13(14(20)5-2)17(19(26)27-3)22-8-6-16(12(10-22)7-9-23)29-28-11-15(21)18(24)25/h4-5,7,9,15-17H,1-2,6,8,10-11,21H2,3H3,(H,24,25)/b12-7-,14-13-/t15-,16?,17?/m0/s1. The van der Waals surface area contributed by atoms with Gasteiger partial charge in [0.15, 0.2) is 0 Å². The molecule has 0 aromatic carbocycles. The zero-order valence-electron chi connectivity index (χ0n) is 16.1. The van der Waals surface area contributed by atoms with Gasteiger partial charge in [0, 0.05) is 29.7 Å². The number of rotatable bonds is 11. The average molecular weight is 445 g/mol. The van der Waals surface area contributed by atoms with Gasteiger partial charge in [-0.1, -0.05) is 40.8 Å². The van der Waals surface area contributed by atoms with E-state index in [1.165, 1.54) is 40.8 Å². The van der Waals surface area contributed by atoms with Crippen molar-refractivity contribution in [2.75, 3.05) is 26.0 Å². The van der Waals surface area contributed by atoms with Crippen molar-refractivity contribution in [1.29, 1.82) is 0 Å². The van der Waals surface area contributed by atoms with Gasteiger partial charge >= 0.3 is 11.9 Å². The van der Waals surface area contributed by atoms with Gasteiger partial charge in [0.05, 0.1) is 7.11 Å². The van der Waals surface area contributed by atoms with Crippen LogP contribution in [0.2, 0.25) is 0 Å². The molecule has 2 unspecified atom stereocenters. The first-order valence-electron chi connectivity index (χ1n) is 8.67. The van der Waals surface area contributed by atoms with Gasteiger partial charge in [-0.3, -0.25) is 14.5 Å². The minimum absolute atomic E-state index is 0.0465. The van der Waals surface area contributed by atoms with Gasteiger partial charge in [0.1, 0.15) is 24.2 Å². The summed E-state index contributed by atoms with van der Waals surface area (Å²) < 4.78 is 19.1. The number of ether oxygens (including phenoxy) is 1. The van der Waals surface area contributed by atoms with Crippen molar-refractivity contribution < 1.29 is 28.6 Å². The number of piperidine rings is 1. The van der Waals surface area contributed by atoms with E-state index in [0.717, 1.165) is 11.6 Å². The molecule has 160 valence electrons. The van der Waals surface area contributed by atoms with Crippen LogP contribution in [0.1, 0.15) is 6.42 Å². The summed E-state index contributed by atoms with van der Waals surface area (Å²) in [6.45, 7) is 7.65. The normalized spacial score (nSPS) is 21.6. The smallest absolute Gasteiger partial charge is 0.327 e. The van der Waals surface area contributed by atoms with Gasteiger partial charge in [-0.2, -0.15) is 0 Å². The highest BCUT2D eigenvalue weighted by atomic mass is 33.1. The first kappa shape index (κ1) is 25.2. The maximum Gasteiger partial charge on any atom is 0.327 e. The first-order chi connectivity index (χ1) is 13.8. The van der Waals surface area contributed by atoms with Crippen LogP contribution in [0.25, 0.3) is 0 Å². The quantitative estimate of drug-likeness (QED) is 0.163. The van der Waals surface area contributed by atoms with Crippen molar-refractivity contribution in [2.24, 2.45) is 5.73 Å². The predicted octanol–water partition coefficient (Wildman–Crippen LogP) is 2.12. The van der Waals surface area contributed by atoms with Crippen LogP contribution in [0.3, 0.4) is 0 Å². The molecule has 10 heteroatoms.